The van der Waals surface area contributed by atoms with Gasteiger partial charge in [0.2, 0.25) is 0 Å². The maximum Gasteiger partial charge on any atom is 0.132 e. The number of benzene rings is 1. The third-order valence-corrected chi connectivity index (χ3v) is 3.52. The molecule has 0 bridgehead atoms. The van der Waals surface area contributed by atoms with Gasteiger partial charge in [0.05, 0.1) is 5.69 Å². The first-order chi connectivity index (χ1) is 9.32. The summed E-state index contributed by atoms with van der Waals surface area (Å²) in [5.74, 6) is 1.68. The van der Waals surface area contributed by atoms with E-state index in [1.54, 1.807) is 0 Å². The Morgan fingerprint density at radius 2 is 1.55 bits per heavy atom. The number of hydrogen-bond acceptors (Lipinski definition) is 3. The second kappa shape index (κ2) is 5.23. The van der Waals surface area contributed by atoms with Crippen molar-refractivity contribution in [2.45, 2.75) is 40.0 Å². The lowest BCUT2D eigenvalue weighted by Crippen LogP contribution is -2.10. The zero-order valence-corrected chi connectivity index (χ0v) is 13.2. The number of anilines is 1. The highest BCUT2D eigenvalue weighted by Crippen LogP contribution is 2.28. The molecule has 0 amide bonds. The molecular weight excluding hydrogens is 246 g/mol. The fourth-order valence-electron chi connectivity index (χ4n) is 2.28. The maximum absolute atomic E-state index is 4.59. The van der Waals surface area contributed by atoms with Crippen LogP contribution in [0.3, 0.4) is 0 Å². The van der Waals surface area contributed by atoms with Crippen molar-refractivity contribution in [1.82, 2.24) is 9.97 Å². The summed E-state index contributed by atoms with van der Waals surface area (Å²) in [6.07, 6.45) is 0. The molecule has 1 aromatic carbocycles. The molecule has 0 fully saturated rings. The van der Waals surface area contributed by atoms with Gasteiger partial charge in [-0.25, -0.2) is 9.97 Å². The zero-order valence-electron chi connectivity index (χ0n) is 13.2. The number of nitrogens with zero attached hydrogens (tertiary/aromatic N) is 2. The summed E-state index contributed by atoms with van der Waals surface area (Å²) < 4.78 is 0. The van der Waals surface area contributed by atoms with Crippen molar-refractivity contribution in [3.05, 3.63) is 41.2 Å². The van der Waals surface area contributed by atoms with Crippen molar-refractivity contribution in [3.8, 4) is 11.3 Å². The number of aromatic nitrogens is 2. The van der Waals surface area contributed by atoms with Crippen molar-refractivity contribution in [1.29, 1.82) is 0 Å². The van der Waals surface area contributed by atoms with Crippen molar-refractivity contribution in [3.63, 3.8) is 0 Å². The highest BCUT2D eigenvalue weighted by molar-refractivity contribution is 5.68. The van der Waals surface area contributed by atoms with Crippen LogP contribution in [0, 0.1) is 13.8 Å². The van der Waals surface area contributed by atoms with Crippen LogP contribution < -0.4 is 5.32 Å². The molecule has 1 aromatic heterocycles. The predicted molar refractivity (Wildman–Crippen MR) is 85.2 cm³/mol. The molecule has 3 heteroatoms. The summed E-state index contributed by atoms with van der Waals surface area (Å²) in [6, 6.07) is 8.67. The standard InChI is InChI=1S/C17H23N3/c1-11-15(19-12(2)20-16(11)18-6)13-7-9-14(10-8-13)17(3,4)5/h7-10H,1-6H3,(H,18,19,20). The summed E-state index contributed by atoms with van der Waals surface area (Å²) in [6.45, 7) is 10.6. The number of nitrogens with one attached hydrogen (secondary N) is 1. The van der Waals surface area contributed by atoms with Gasteiger partial charge in [0.1, 0.15) is 11.6 Å². The molecule has 0 aliphatic carbocycles. The Hall–Kier alpha value is -1.90. The molecular formula is C17H23N3. The smallest absolute Gasteiger partial charge is 0.132 e. The third-order valence-electron chi connectivity index (χ3n) is 3.52. The molecule has 0 spiro atoms. The van der Waals surface area contributed by atoms with Crippen molar-refractivity contribution in [2.75, 3.05) is 12.4 Å². The van der Waals surface area contributed by atoms with Gasteiger partial charge in [-0.3, -0.25) is 0 Å². The second-order valence-corrected chi connectivity index (χ2v) is 6.17. The van der Waals surface area contributed by atoms with Gasteiger partial charge >= 0.3 is 0 Å². The number of hydrogen-bond donors (Lipinski definition) is 1. The SMILES string of the molecule is CNc1nc(C)nc(-c2ccc(C(C)(C)C)cc2)c1C. The quantitative estimate of drug-likeness (QED) is 0.892. The highest BCUT2D eigenvalue weighted by atomic mass is 15.0. The summed E-state index contributed by atoms with van der Waals surface area (Å²) in [7, 11) is 1.89. The van der Waals surface area contributed by atoms with Crippen LogP contribution in [0.1, 0.15) is 37.7 Å². The minimum absolute atomic E-state index is 0.172. The average molecular weight is 269 g/mol. The first-order valence-electron chi connectivity index (χ1n) is 6.97. The molecule has 0 atom stereocenters. The van der Waals surface area contributed by atoms with Gasteiger partial charge in [-0.1, -0.05) is 45.0 Å². The fraction of sp³-hybridized carbons (Fsp3) is 0.412. The van der Waals surface area contributed by atoms with E-state index in [-0.39, 0.29) is 5.41 Å². The fourth-order valence-corrected chi connectivity index (χ4v) is 2.28. The van der Waals surface area contributed by atoms with Gasteiger partial charge in [-0.15, -0.1) is 0 Å². The Balaban J connectivity index is 2.49. The van der Waals surface area contributed by atoms with Crippen LogP contribution >= 0.6 is 0 Å². The first-order valence-corrected chi connectivity index (χ1v) is 6.97. The lowest BCUT2D eigenvalue weighted by molar-refractivity contribution is 0.590. The topological polar surface area (TPSA) is 37.8 Å². The Morgan fingerprint density at radius 3 is 2.05 bits per heavy atom. The van der Waals surface area contributed by atoms with E-state index in [9.17, 15) is 0 Å². The molecule has 2 rings (SSSR count). The van der Waals surface area contributed by atoms with Crippen LogP contribution in [0.2, 0.25) is 0 Å². The van der Waals surface area contributed by atoms with Crippen LogP contribution in [-0.2, 0) is 5.41 Å². The van der Waals surface area contributed by atoms with Gasteiger partial charge in [0.15, 0.2) is 0 Å². The van der Waals surface area contributed by atoms with E-state index >= 15 is 0 Å². The molecule has 0 radical (unpaired) electrons. The van der Waals surface area contributed by atoms with Crippen LogP contribution in [0.15, 0.2) is 24.3 Å². The molecule has 0 aliphatic rings. The first kappa shape index (κ1) is 14.5. The van der Waals surface area contributed by atoms with E-state index in [1.165, 1.54) is 5.56 Å². The Kier molecular flexibility index (Phi) is 3.80. The molecule has 0 saturated carbocycles. The second-order valence-electron chi connectivity index (χ2n) is 6.17. The molecule has 1 N–H and O–H groups in total. The monoisotopic (exact) mass is 269 g/mol. The molecule has 106 valence electrons. The molecule has 2 aromatic rings. The van der Waals surface area contributed by atoms with Crippen LogP contribution in [0.4, 0.5) is 5.82 Å². The summed E-state index contributed by atoms with van der Waals surface area (Å²) in [5, 5.41) is 3.13. The zero-order chi connectivity index (χ0) is 14.9. The summed E-state index contributed by atoms with van der Waals surface area (Å²) >= 11 is 0. The van der Waals surface area contributed by atoms with Crippen molar-refractivity contribution < 1.29 is 0 Å². The van der Waals surface area contributed by atoms with Crippen LogP contribution in [0.25, 0.3) is 11.3 Å². The van der Waals surface area contributed by atoms with Gasteiger partial charge in [0, 0.05) is 18.2 Å². The predicted octanol–water partition coefficient (Wildman–Crippen LogP) is 4.10. The lowest BCUT2D eigenvalue weighted by Gasteiger charge is -2.19. The van der Waals surface area contributed by atoms with Crippen LogP contribution in [-0.4, -0.2) is 17.0 Å². The normalized spacial score (nSPS) is 11.5. The van der Waals surface area contributed by atoms with Crippen molar-refractivity contribution in [2.24, 2.45) is 0 Å². The molecule has 1 heterocycles. The molecule has 0 aliphatic heterocycles. The largest absolute Gasteiger partial charge is 0.373 e. The van der Waals surface area contributed by atoms with Crippen LogP contribution in [0.5, 0.6) is 0 Å². The number of rotatable bonds is 2. The van der Waals surface area contributed by atoms with E-state index in [1.807, 2.05) is 14.0 Å². The maximum atomic E-state index is 4.59. The minimum atomic E-state index is 0.172. The van der Waals surface area contributed by atoms with Crippen molar-refractivity contribution >= 4 is 5.82 Å². The van der Waals surface area contributed by atoms with E-state index in [0.717, 1.165) is 28.5 Å². The molecule has 0 saturated heterocycles. The Bertz CT molecular complexity index is 607. The van der Waals surface area contributed by atoms with E-state index in [4.69, 9.17) is 0 Å². The number of aryl methyl sites for hydroxylation is 1. The Morgan fingerprint density at radius 1 is 0.950 bits per heavy atom. The van der Waals surface area contributed by atoms with E-state index < -0.39 is 0 Å². The summed E-state index contributed by atoms with van der Waals surface area (Å²) in [4.78, 5) is 9.00. The minimum Gasteiger partial charge on any atom is -0.373 e. The third kappa shape index (κ3) is 2.82. The van der Waals surface area contributed by atoms with Gasteiger partial charge < -0.3 is 5.32 Å². The van der Waals surface area contributed by atoms with E-state index in [0.29, 0.717) is 0 Å². The lowest BCUT2D eigenvalue weighted by atomic mass is 9.86. The van der Waals surface area contributed by atoms with E-state index in [2.05, 4.69) is 67.2 Å². The molecule has 3 nitrogen and oxygen atoms in total. The van der Waals surface area contributed by atoms with Gasteiger partial charge in [-0.05, 0) is 24.8 Å². The van der Waals surface area contributed by atoms with Gasteiger partial charge in [0.25, 0.3) is 0 Å². The average Bonchev–Trinajstić information content (AvgIpc) is 2.40. The molecule has 0 unspecified atom stereocenters. The molecule has 20 heavy (non-hydrogen) atoms. The summed E-state index contributed by atoms with van der Waals surface area (Å²) in [5.41, 5.74) is 4.73. The highest BCUT2D eigenvalue weighted by Gasteiger charge is 2.15. The van der Waals surface area contributed by atoms with Gasteiger partial charge in [-0.2, -0.15) is 0 Å². The Labute approximate surface area is 121 Å².